The number of carbonyl (C=O) groups excluding carboxylic acids is 1. The summed E-state index contributed by atoms with van der Waals surface area (Å²) in [7, 11) is 0. The summed E-state index contributed by atoms with van der Waals surface area (Å²) >= 11 is 0. The molecule has 0 fully saturated rings. The highest BCUT2D eigenvalue weighted by atomic mass is 16.3. The third-order valence-corrected chi connectivity index (χ3v) is 3.69. The highest BCUT2D eigenvalue weighted by Crippen LogP contribution is 2.45. The zero-order valence-electron chi connectivity index (χ0n) is 10.6. The largest absolute Gasteiger partial charge is 0.393 e. The average molecular weight is 226 g/mol. The van der Waals surface area contributed by atoms with Crippen molar-refractivity contribution >= 4 is 5.78 Å². The first-order valence-corrected chi connectivity index (χ1v) is 5.81. The lowest BCUT2D eigenvalue weighted by atomic mass is 9.63. The molecular formula is C13H22O3. The second-order valence-electron chi connectivity index (χ2n) is 5.60. The lowest BCUT2D eigenvalue weighted by Gasteiger charge is -2.46. The van der Waals surface area contributed by atoms with Crippen molar-refractivity contribution in [1.82, 2.24) is 0 Å². The van der Waals surface area contributed by atoms with Crippen LogP contribution in [0.25, 0.3) is 0 Å². The molecule has 0 saturated heterocycles. The van der Waals surface area contributed by atoms with E-state index in [1.165, 1.54) is 6.08 Å². The molecule has 0 radical (unpaired) electrons. The Bertz CT molecular complexity index is 315. The van der Waals surface area contributed by atoms with Crippen molar-refractivity contribution in [2.45, 2.75) is 58.7 Å². The molecule has 0 saturated carbocycles. The van der Waals surface area contributed by atoms with E-state index in [1.54, 1.807) is 13.8 Å². The first kappa shape index (κ1) is 13.4. The number of hydrogen-bond donors (Lipinski definition) is 2. The average Bonchev–Trinajstić information content (AvgIpc) is 2.10. The molecule has 1 unspecified atom stereocenters. The molecule has 0 heterocycles. The van der Waals surface area contributed by atoms with Crippen LogP contribution >= 0.6 is 0 Å². The fraction of sp³-hybridized carbons (Fsp3) is 0.769. The van der Waals surface area contributed by atoms with E-state index >= 15 is 0 Å². The first-order valence-electron chi connectivity index (χ1n) is 5.81. The van der Waals surface area contributed by atoms with Crippen molar-refractivity contribution in [3.63, 3.8) is 0 Å². The predicted molar refractivity (Wildman–Crippen MR) is 63.0 cm³/mol. The Hall–Kier alpha value is -0.670. The Morgan fingerprint density at radius 2 is 2.06 bits per heavy atom. The molecule has 0 aliphatic heterocycles. The fourth-order valence-corrected chi connectivity index (χ4v) is 2.48. The quantitative estimate of drug-likeness (QED) is 0.771. The van der Waals surface area contributed by atoms with Gasteiger partial charge in [0.05, 0.1) is 11.7 Å². The minimum absolute atomic E-state index is 0.0734. The van der Waals surface area contributed by atoms with Gasteiger partial charge in [0.15, 0.2) is 5.78 Å². The van der Waals surface area contributed by atoms with Crippen molar-refractivity contribution in [3.8, 4) is 0 Å². The maximum Gasteiger partial charge on any atom is 0.156 e. The smallest absolute Gasteiger partial charge is 0.156 e. The normalized spacial score (nSPS) is 31.1. The van der Waals surface area contributed by atoms with Crippen molar-refractivity contribution in [2.75, 3.05) is 0 Å². The molecule has 3 nitrogen and oxygen atoms in total. The Kier molecular flexibility index (Phi) is 3.60. The SMILES string of the molecule is CC1=CC(=O)CC(C)(C)[C@@]1(O)CCC(C)O. The van der Waals surface area contributed by atoms with E-state index in [9.17, 15) is 15.0 Å². The van der Waals surface area contributed by atoms with E-state index in [-0.39, 0.29) is 5.78 Å². The zero-order valence-corrected chi connectivity index (χ0v) is 10.6. The molecule has 2 atom stereocenters. The second-order valence-corrected chi connectivity index (χ2v) is 5.60. The van der Waals surface area contributed by atoms with Crippen molar-refractivity contribution in [1.29, 1.82) is 0 Å². The molecule has 16 heavy (non-hydrogen) atoms. The molecule has 1 rings (SSSR count). The van der Waals surface area contributed by atoms with Gasteiger partial charge in [-0.15, -0.1) is 0 Å². The van der Waals surface area contributed by atoms with Crippen LogP contribution in [0.3, 0.4) is 0 Å². The maximum absolute atomic E-state index is 11.5. The molecule has 0 aromatic rings. The molecule has 1 aliphatic carbocycles. The number of carbonyl (C=O) groups is 1. The van der Waals surface area contributed by atoms with Crippen LogP contribution in [0.15, 0.2) is 11.6 Å². The summed E-state index contributed by atoms with van der Waals surface area (Å²) in [6.45, 7) is 7.32. The number of aliphatic hydroxyl groups is 2. The Morgan fingerprint density at radius 1 is 1.50 bits per heavy atom. The van der Waals surface area contributed by atoms with Gasteiger partial charge in [0, 0.05) is 11.8 Å². The van der Waals surface area contributed by atoms with Gasteiger partial charge >= 0.3 is 0 Å². The standard InChI is InChI=1S/C13H22O3/c1-9-7-11(15)8-12(3,4)13(9,16)6-5-10(2)14/h7,10,14,16H,5-6,8H2,1-4H3/t10?,13-/m1/s1. The Labute approximate surface area is 97.2 Å². The molecule has 0 amide bonds. The molecule has 2 N–H and O–H groups in total. The third-order valence-electron chi connectivity index (χ3n) is 3.69. The summed E-state index contributed by atoms with van der Waals surface area (Å²) < 4.78 is 0. The summed E-state index contributed by atoms with van der Waals surface area (Å²) in [6.07, 6.45) is 2.51. The molecule has 0 bridgehead atoms. The van der Waals surface area contributed by atoms with Crippen LogP contribution in [-0.2, 0) is 4.79 Å². The van der Waals surface area contributed by atoms with Crippen LogP contribution in [0.4, 0.5) is 0 Å². The fourth-order valence-electron chi connectivity index (χ4n) is 2.48. The topological polar surface area (TPSA) is 57.5 Å². The number of rotatable bonds is 3. The minimum Gasteiger partial charge on any atom is -0.393 e. The molecular weight excluding hydrogens is 204 g/mol. The van der Waals surface area contributed by atoms with E-state index < -0.39 is 17.1 Å². The number of aliphatic hydroxyl groups excluding tert-OH is 1. The van der Waals surface area contributed by atoms with Gasteiger partial charge in [-0.3, -0.25) is 4.79 Å². The van der Waals surface area contributed by atoms with E-state index in [2.05, 4.69) is 0 Å². The molecule has 3 heteroatoms. The highest BCUT2D eigenvalue weighted by Gasteiger charge is 2.47. The van der Waals surface area contributed by atoms with Crippen LogP contribution in [0.2, 0.25) is 0 Å². The summed E-state index contributed by atoms with van der Waals surface area (Å²) in [5.41, 5.74) is -0.718. The molecule has 92 valence electrons. The van der Waals surface area contributed by atoms with E-state index in [0.29, 0.717) is 19.3 Å². The molecule has 1 aliphatic rings. The summed E-state index contributed by atoms with van der Waals surface area (Å²) in [4.78, 5) is 11.5. The lowest BCUT2D eigenvalue weighted by molar-refractivity contribution is -0.125. The lowest BCUT2D eigenvalue weighted by Crippen LogP contribution is -2.49. The van der Waals surface area contributed by atoms with Crippen molar-refractivity contribution < 1.29 is 15.0 Å². The van der Waals surface area contributed by atoms with E-state index in [4.69, 9.17) is 0 Å². The molecule has 0 aromatic heterocycles. The summed E-state index contributed by atoms with van der Waals surface area (Å²) in [5.74, 6) is 0.0734. The Morgan fingerprint density at radius 3 is 2.50 bits per heavy atom. The van der Waals surface area contributed by atoms with Crippen LogP contribution in [0.1, 0.15) is 47.0 Å². The Balaban J connectivity index is 2.97. The van der Waals surface area contributed by atoms with Crippen LogP contribution in [-0.4, -0.2) is 27.7 Å². The van der Waals surface area contributed by atoms with Gasteiger partial charge in [-0.25, -0.2) is 0 Å². The number of ketones is 1. The summed E-state index contributed by atoms with van der Waals surface area (Å²) in [6, 6.07) is 0. The van der Waals surface area contributed by atoms with Gasteiger partial charge in [0.2, 0.25) is 0 Å². The van der Waals surface area contributed by atoms with E-state index in [1.807, 2.05) is 13.8 Å². The summed E-state index contributed by atoms with van der Waals surface area (Å²) in [5, 5.41) is 20.0. The van der Waals surface area contributed by atoms with Gasteiger partial charge in [-0.1, -0.05) is 13.8 Å². The first-order chi connectivity index (χ1) is 7.19. The van der Waals surface area contributed by atoms with Crippen molar-refractivity contribution in [2.24, 2.45) is 5.41 Å². The third kappa shape index (κ3) is 2.36. The van der Waals surface area contributed by atoms with E-state index in [0.717, 1.165) is 5.57 Å². The second kappa shape index (κ2) is 4.30. The van der Waals surface area contributed by atoms with Gasteiger partial charge in [0.25, 0.3) is 0 Å². The van der Waals surface area contributed by atoms with Crippen LogP contribution < -0.4 is 0 Å². The predicted octanol–water partition coefficient (Wildman–Crippen LogP) is 1.82. The highest BCUT2D eigenvalue weighted by molar-refractivity contribution is 5.92. The number of allylic oxidation sites excluding steroid dienone is 1. The zero-order chi connectivity index (χ0) is 12.6. The van der Waals surface area contributed by atoms with Gasteiger partial charge < -0.3 is 10.2 Å². The monoisotopic (exact) mass is 226 g/mol. The van der Waals surface area contributed by atoms with Gasteiger partial charge in [0.1, 0.15) is 0 Å². The van der Waals surface area contributed by atoms with Crippen LogP contribution in [0, 0.1) is 5.41 Å². The van der Waals surface area contributed by atoms with Gasteiger partial charge in [-0.05, 0) is 38.3 Å². The molecule has 0 aromatic carbocycles. The van der Waals surface area contributed by atoms with Crippen molar-refractivity contribution in [3.05, 3.63) is 11.6 Å². The minimum atomic E-state index is -0.974. The molecule has 0 spiro atoms. The maximum atomic E-state index is 11.5. The van der Waals surface area contributed by atoms with Crippen LogP contribution in [0.5, 0.6) is 0 Å². The number of hydrogen-bond acceptors (Lipinski definition) is 3. The van der Waals surface area contributed by atoms with Gasteiger partial charge in [-0.2, -0.15) is 0 Å².